The zero-order valence-electron chi connectivity index (χ0n) is 16.5. The Morgan fingerprint density at radius 1 is 1.20 bits per heavy atom. The maximum absolute atomic E-state index is 11.4. The van der Waals surface area contributed by atoms with Gasteiger partial charge in [0.05, 0.1) is 12.7 Å². The SMILES string of the molecule is C[C@H]1CC=C2CC[C@@H]3[C@H]([C@@H](O)C[C@]4(C)C(=CCO)[C@H](C)C[C@@H]34)[C@@]2(C)C1. The molecule has 0 radical (unpaired) electrons. The molecule has 4 rings (SSSR count). The molecule has 25 heavy (non-hydrogen) atoms. The van der Waals surface area contributed by atoms with E-state index in [0.29, 0.717) is 23.7 Å². The van der Waals surface area contributed by atoms with Gasteiger partial charge in [0.25, 0.3) is 0 Å². The Kier molecular flexibility index (Phi) is 4.24. The van der Waals surface area contributed by atoms with Crippen LogP contribution in [0, 0.1) is 40.4 Å². The summed E-state index contributed by atoms with van der Waals surface area (Å²) in [6.07, 6.45) is 11.4. The summed E-state index contributed by atoms with van der Waals surface area (Å²) in [6, 6.07) is 0. The van der Waals surface area contributed by atoms with Crippen molar-refractivity contribution in [3.63, 3.8) is 0 Å². The molecular weight excluding hydrogens is 308 g/mol. The highest BCUT2D eigenvalue weighted by Crippen LogP contribution is 2.67. The van der Waals surface area contributed by atoms with Gasteiger partial charge < -0.3 is 10.2 Å². The van der Waals surface area contributed by atoms with Crippen molar-refractivity contribution in [2.24, 2.45) is 40.4 Å². The van der Waals surface area contributed by atoms with E-state index in [0.717, 1.165) is 12.3 Å². The minimum absolute atomic E-state index is 0.0839. The van der Waals surface area contributed by atoms with Gasteiger partial charge in [-0.3, -0.25) is 0 Å². The van der Waals surface area contributed by atoms with Gasteiger partial charge in [0.1, 0.15) is 0 Å². The van der Waals surface area contributed by atoms with E-state index < -0.39 is 0 Å². The molecule has 3 saturated carbocycles. The number of aliphatic hydroxyl groups excluding tert-OH is 2. The average molecular weight is 345 g/mol. The van der Waals surface area contributed by atoms with Crippen LogP contribution in [-0.4, -0.2) is 22.9 Å². The Hall–Kier alpha value is -0.600. The van der Waals surface area contributed by atoms with E-state index in [1.165, 1.54) is 37.7 Å². The fourth-order valence-corrected chi connectivity index (χ4v) is 7.94. The minimum Gasteiger partial charge on any atom is -0.393 e. The molecule has 0 unspecified atom stereocenters. The van der Waals surface area contributed by atoms with Crippen molar-refractivity contribution in [2.75, 3.05) is 6.61 Å². The number of hydrogen-bond donors (Lipinski definition) is 2. The molecule has 0 bridgehead atoms. The van der Waals surface area contributed by atoms with Crippen LogP contribution < -0.4 is 0 Å². The van der Waals surface area contributed by atoms with E-state index in [2.05, 4.69) is 39.8 Å². The normalized spacial score (nSPS) is 53.8. The maximum Gasteiger partial charge on any atom is 0.0615 e. The topological polar surface area (TPSA) is 40.5 Å². The Morgan fingerprint density at radius 2 is 1.96 bits per heavy atom. The molecule has 140 valence electrons. The molecule has 0 aliphatic heterocycles. The number of hydrogen-bond acceptors (Lipinski definition) is 2. The zero-order chi connectivity index (χ0) is 18.0. The third kappa shape index (κ3) is 2.43. The predicted molar refractivity (Wildman–Crippen MR) is 102 cm³/mol. The monoisotopic (exact) mass is 344 g/mol. The van der Waals surface area contributed by atoms with Gasteiger partial charge in [-0.05, 0) is 78.9 Å². The van der Waals surface area contributed by atoms with E-state index >= 15 is 0 Å². The summed E-state index contributed by atoms with van der Waals surface area (Å²) in [5.41, 5.74) is 3.35. The molecule has 8 atom stereocenters. The lowest BCUT2D eigenvalue weighted by atomic mass is 9.46. The lowest BCUT2D eigenvalue weighted by Gasteiger charge is -2.60. The first-order chi connectivity index (χ1) is 11.8. The molecule has 4 aliphatic carbocycles. The van der Waals surface area contributed by atoms with Crippen molar-refractivity contribution in [3.8, 4) is 0 Å². The van der Waals surface area contributed by atoms with Gasteiger partial charge in [-0.25, -0.2) is 0 Å². The molecule has 0 saturated heterocycles. The van der Waals surface area contributed by atoms with Crippen LogP contribution in [-0.2, 0) is 0 Å². The fraction of sp³-hybridized carbons (Fsp3) is 0.826. The van der Waals surface area contributed by atoms with Crippen LogP contribution in [0.1, 0.15) is 66.2 Å². The smallest absolute Gasteiger partial charge is 0.0615 e. The molecule has 0 aromatic heterocycles. The molecule has 0 spiro atoms. The second-order valence-corrected chi connectivity index (χ2v) is 10.2. The van der Waals surface area contributed by atoms with Crippen LogP contribution in [0.2, 0.25) is 0 Å². The third-order valence-corrected chi connectivity index (χ3v) is 8.71. The lowest BCUT2D eigenvalue weighted by molar-refractivity contribution is -0.113. The maximum atomic E-state index is 11.4. The summed E-state index contributed by atoms with van der Waals surface area (Å²) >= 11 is 0. The molecule has 2 N–H and O–H groups in total. The van der Waals surface area contributed by atoms with Crippen LogP contribution in [0.4, 0.5) is 0 Å². The highest BCUT2D eigenvalue weighted by molar-refractivity contribution is 5.31. The summed E-state index contributed by atoms with van der Waals surface area (Å²) in [5, 5.41) is 20.9. The first-order valence-corrected chi connectivity index (χ1v) is 10.5. The quantitative estimate of drug-likeness (QED) is 0.676. The highest BCUT2D eigenvalue weighted by atomic mass is 16.3. The van der Waals surface area contributed by atoms with E-state index in [9.17, 15) is 10.2 Å². The van der Waals surface area contributed by atoms with E-state index in [-0.39, 0.29) is 23.5 Å². The Bertz CT molecular complexity index is 605. The van der Waals surface area contributed by atoms with Crippen molar-refractivity contribution in [1.29, 1.82) is 0 Å². The average Bonchev–Trinajstić information content (AvgIpc) is 2.78. The predicted octanol–water partition coefficient (Wildman–Crippen LogP) is 4.72. The van der Waals surface area contributed by atoms with Crippen LogP contribution in [0.25, 0.3) is 0 Å². The fourth-order valence-electron chi connectivity index (χ4n) is 7.94. The lowest BCUT2D eigenvalue weighted by Crippen LogP contribution is -2.55. The van der Waals surface area contributed by atoms with Crippen LogP contribution in [0.5, 0.6) is 0 Å². The van der Waals surface area contributed by atoms with E-state index in [1.54, 1.807) is 5.57 Å². The standard InChI is InChI=1S/C23H36O2/c1-14-5-6-16-7-8-17-19-11-15(2)18(9-10-24)23(19,4)13-20(25)21(17)22(16,3)12-14/h6,9,14-15,17,19-21,24-25H,5,7-8,10-13H2,1-4H3/t14-,15+,17-,19-,20-,21+,22-,23+/m0/s1. The van der Waals surface area contributed by atoms with Gasteiger partial charge in [-0.15, -0.1) is 0 Å². The molecule has 2 heteroatoms. The summed E-state index contributed by atoms with van der Waals surface area (Å²) < 4.78 is 0. The van der Waals surface area contributed by atoms with E-state index in [1.807, 2.05) is 0 Å². The summed E-state index contributed by atoms with van der Waals surface area (Å²) in [5.74, 6) is 3.01. The first-order valence-electron chi connectivity index (χ1n) is 10.5. The first kappa shape index (κ1) is 17.8. The molecule has 2 nitrogen and oxygen atoms in total. The number of fused-ring (bicyclic) bond motifs is 5. The van der Waals surface area contributed by atoms with E-state index in [4.69, 9.17) is 0 Å². The largest absolute Gasteiger partial charge is 0.393 e. The molecule has 3 fully saturated rings. The van der Waals surface area contributed by atoms with Crippen molar-refractivity contribution in [3.05, 3.63) is 23.3 Å². The van der Waals surface area contributed by atoms with Crippen molar-refractivity contribution in [1.82, 2.24) is 0 Å². The second kappa shape index (κ2) is 5.96. The van der Waals surface area contributed by atoms with Crippen LogP contribution in [0.15, 0.2) is 23.3 Å². The molecule has 0 aromatic rings. The van der Waals surface area contributed by atoms with Crippen molar-refractivity contribution >= 4 is 0 Å². The van der Waals surface area contributed by atoms with Gasteiger partial charge in [0.2, 0.25) is 0 Å². The van der Waals surface area contributed by atoms with Crippen molar-refractivity contribution < 1.29 is 10.2 Å². The minimum atomic E-state index is -0.211. The van der Waals surface area contributed by atoms with Crippen LogP contribution >= 0.6 is 0 Å². The summed E-state index contributed by atoms with van der Waals surface area (Å²) in [7, 11) is 0. The Balaban J connectivity index is 1.74. The Labute approximate surface area is 153 Å². The summed E-state index contributed by atoms with van der Waals surface area (Å²) in [6.45, 7) is 9.67. The molecule has 0 heterocycles. The second-order valence-electron chi connectivity index (χ2n) is 10.2. The molecule has 0 aromatic carbocycles. The summed E-state index contributed by atoms with van der Waals surface area (Å²) in [4.78, 5) is 0. The third-order valence-electron chi connectivity index (χ3n) is 8.71. The zero-order valence-corrected chi connectivity index (χ0v) is 16.5. The highest BCUT2D eigenvalue weighted by Gasteiger charge is 2.61. The van der Waals surface area contributed by atoms with Gasteiger partial charge in [-0.1, -0.05) is 51.0 Å². The molecule has 4 aliphatic rings. The number of rotatable bonds is 1. The van der Waals surface area contributed by atoms with Gasteiger partial charge >= 0.3 is 0 Å². The number of allylic oxidation sites excluding steroid dienone is 3. The van der Waals surface area contributed by atoms with Gasteiger partial charge in [-0.2, -0.15) is 0 Å². The van der Waals surface area contributed by atoms with Crippen molar-refractivity contribution in [2.45, 2.75) is 72.3 Å². The number of aliphatic hydroxyl groups is 2. The van der Waals surface area contributed by atoms with Gasteiger partial charge in [0.15, 0.2) is 0 Å². The van der Waals surface area contributed by atoms with Crippen LogP contribution in [0.3, 0.4) is 0 Å². The van der Waals surface area contributed by atoms with Gasteiger partial charge in [0, 0.05) is 0 Å². The molecular formula is C23H36O2. The molecule has 0 amide bonds. The Morgan fingerprint density at radius 3 is 2.68 bits per heavy atom.